The molecule has 0 saturated heterocycles. The highest BCUT2D eigenvalue weighted by molar-refractivity contribution is 5.94. The minimum Gasteiger partial charge on any atom is -0.465 e. The summed E-state index contributed by atoms with van der Waals surface area (Å²) in [5, 5.41) is 11.1. The maximum atomic E-state index is 9.03. The third-order valence-corrected chi connectivity index (χ3v) is 3.90. The summed E-state index contributed by atoms with van der Waals surface area (Å²) in [6.45, 7) is 0. The van der Waals surface area contributed by atoms with Crippen LogP contribution < -0.4 is 0 Å². The molecule has 0 atom stereocenters. The van der Waals surface area contributed by atoms with Gasteiger partial charge in [0.15, 0.2) is 0 Å². The summed E-state index contributed by atoms with van der Waals surface area (Å²) in [4.78, 5) is 0. The molecule has 0 fully saturated rings. The van der Waals surface area contributed by atoms with Crippen molar-refractivity contribution in [3.63, 3.8) is 0 Å². The van der Waals surface area contributed by atoms with Crippen LogP contribution in [0.2, 0.25) is 0 Å². The molecule has 0 spiro atoms. The molecule has 114 valence electrons. The van der Waals surface area contributed by atoms with Crippen LogP contribution in [-0.4, -0.2) is 0 Å². The van der Waals surface area contributed by atoms with E-state index >= 15 is 0 Å². The molecule has 0 saturated carbocycles. The number of rotatable bonds is 3. The van der Waals surface area contributed by atoms with Crippen molar-refractivity contribution in [3.8, 4) is 6.07 Å². The zero-order valence-electron chi connectivity index (χ0n) is 12.8. The molecule has 0 bridgehead atoms. The van der Waals surface area contributed by atoms with Gasteiger partial charge >= 0.3 is 0 Å². The number of benzene rings is 2. The number of fused-ring (bicyclic) bond motifs is 1. The maximum absolute atomic E-state index is 9.03. The second-order valence-electron chi connectivity index (χ2n) is 5.44. The van der Waals surface area contributed by atoms with E-state index in [4.69, 9.17) is 14.1 Å². The van der Waals surface area contributed by atoms with Crippen LogP contribution in [0.15, 0.2) is 82.0 Å². The fourth-order valence-electron chi connectivity index (χ4n) is 2.73. The molecule has 2 heterocycles. The molecule has 2 aromatic heterocycles. The van der Waals surface area contributed by atoms with Crippen molar-refractivity contribution in [3.05, 3.63) is 95.8 Å². The molecule has 24 heavy (non-hydrogen) atoms. The van der Waals surface area contributed by atoms with Gasteiger partial charge in [0.05, 0.1) is 24.2 Å². The van der Waals surface area contributed by atoms with Gasteiger partial charge in [0.1, 0.15) is 11.5 Å². The van der Waals surface area contributed by atoms with E-state index in [1.165, 1.54) is 0 Å². The normalized spacial score (nSPS) is 11.5. The summed E-state index contributed by atoms with van der Waals surface area (Å²) in [5.74, 6) is 1.54. The van der Waals surface area contributed by atoms with E-state index in [0.717, 1.165) is 33.4 Å². The predicted octanol–water partition coefficient (Wildman–Crippen LogP) is 5.49. The highest BCUT2D eigenvalue weighted by atomic mass is 16.3. The fourth-order valence-corrected chi connectivity index (χ4v) is 2.73. The summed E-state index contributed by atoms with van der Waals surface area (Å²) >= 11 is 0. The minimum atomic E-state index is 0.660. The van der Waals surface area contributed by atoms with Gasteiger partial charge in [-0.2, -0.15) is 5.26 Å². The van der Waals surface area contributed by atoms with Crippen molar-refractivity contribution in [2.24, 2.45) is 0 Å². The molecule has 3 heteroatoms. The summed E-state index contributed by atoms with van der Waals surface area (Å²) in [6, 6.07) is 21.5. The van der Waals surface area contributed by atoms with Gasteiger partial charge in [0, 0.05) is 5.57 Å². The SMILES string of the molecule is N#Cc1ccc2cc(/C(=C\c3ccco3)c3ccco3)ccc2c1. The zero-order chi connectivity index (χ0) is 16.4. The largest absolute Gasteiger partial charge is 0.465 e. The molecular formula is C21H13NO2. The van der Waals surface area contributed by atoms with E-state index in [2.05, 4.69) is 12.1 Å². The number of furan rings is 2. The molecule has 0 unspecified atom stereocenters. The lowest BCUT2D eigenvalue weighted by molar-refractivity contribution is 0.550. The van der Waals surface area contributed by atoms with Crippen LogP contribution in [0.25, 0.3) is 22.4 Å². The first-order valence-corrected chi connectivity index (χ1v) is 7.57. The van der Waals surface area contributed by atoms with Gasteiger partial charge < -0.3 is 8.83 Å². The number of hydrogen-bond acceptors (Lipinski definition) is 3. The van der Waals surface area contributed by atoms with Gasteiger partial charge in [-0.3, -0.25) is 0 Å². The maximum Gasteiger partial charge on any atom is 0.134 e. The van der Waals surface area contributed by atoms with Crippen molar-refractivity contribution >= 4 is 22.4 Å². The standard InChI is InChI=1S/C21H13NO2/c22-14-15-5-6-17-12-18(8-7-16(17)11-15)20(21-4-2-10-24-21)13-19-3-1-9-23-19/h1-13H/b20-13+. The number of hydrogen-bond donors (Lipinski definition) is 0. The molecule has 3 nitrogen and oxygen atoms in total. The summed E-state index contributed by atoms with van der Waals surface area (Å²) in [5.41, 5.74) is 2.63. The molecule has 0 aliphatic carbocycles. The van der Waals surface area contributed by atoms with Crippen molar-refractivity contribution in [2.75, 3.05) is 0 Å². The third kappa shape index (κ3) is 2.62. The fraction of sp³-hybridized carbons (Fsp3) is 0. The molecule has 0 aliphatic heterocycles. The van der Waals surface area contributed by atoms with E-state index in [9.17, 15) is 0 Å². The van der Waals surface area contributed by atoms with Crippen LogP contribution in [0.5, 0.6) is 0 Å². The summed E-state index contributed by atoms with van der Waals surface area (Å²) < 4.78 is 11.0. The summed E-state index contributed by atoms with van der Waals surface area (Å²) in [6.07, 6.45) is 5.27. The smallest absolute Gasteiger partial charge is 0.134 e. The van der Waals surface area contributed by atoms with Gasteiger partial charge in [-0.1, -0.05) is 18.2 Å². The van der Waals surface area contributed by atoms with Crippen LogP contribution in [0.3, 0.4) is 0 Å². The first-order chi connectivity index (χ1) is 11.8. The lowest BCUT2D eigenvalue weighted by atomic mass is 9.98. The molecule has 0 N–H and O–H groups in total. The van der Waals surface area contributed by atoms with E-state index < -0.39 is 0 Å². The Morgan fingerprint density at radius 3 is 2.42 bits per heavy atom. The van der Waals surface area contributed by atoms with Gasteiger partial charge in [-0.25, -0.2) is 0 Å². The second-order valence-corrected chi connectivity index (χ2v) is 5.44. The average molecular weight is 311 g/mol. The van der Waals surface area contributed by atoms with Crippen LogP contribution in [0, 0.1) is 11.3 Å². The molecule has 0 aliphatic rings. The Balaban J connectivity index is 1.87. The molecule has 4 rings (SSSR count). The summed E-state index contributed by atoms with van der Waals surface area (Å²) in [7, 11) is 0. The van der Waals surface area contributed by atoms with Gasteiger partial charge in [-0.05, 0) is 64.9 Å². The Labute approximate surface area is 139 Å². The van der Waals surface area contributed by atoms with Gasteiger partial charge in [0.2, 0.25) is 0 Å². The average Bonchev–Trinajstić information content (AvgIpc) is 3.32. The Kier molecular flexibility index (Phi) is 3.49. The Hall–Kier alpha value is -3.51. The van der Waals surface area contributed by atoms with Crippen LogP contribution in [-0.2, 0) is 0 Å². The van der Waals surface area contributed by atoms with E-state index in [1.54, 1.807) is 12.5 Å². The Bertz CT molecular complexity index is 1050. The Morgan fingerprint density at radius 2 is 1.67 bits per heavy atom. The Morgan fingerprint density at radius 1 is 0.875 bits per heavy atom. The van der Waals surface area contributed by atoms with E-state index in [-0.39, 0.29) is 0 Å². The van der Waals surface area contributed by atoms with E-state index in [1.807, 2.05) is 60.7 Å². The number of nitriles is 1. The third-order valence-electron chi connectivity index (χ3n) is 3.90. The van der Waals surface area contributed by atoms with Crippen molar-refractivity contribution in [1.29, 1.82) is 5.26 Å². The van der Waals surface area contributed by atoms with E-state index in [0.29, 0.717) is 5.56 Å². The highest BCUT2D eigenvalue weighted by Gasteiger charge is 2.10. The number of nitrogens with zero attached hydrogens (tertiary/aromatic N) is 1. The van der Waals surface area contributed by atoms with Crippen LogP contribution in [0.1, 0.15) is 22.6 Å². The monoisotopic (exact) mass is 311 g/mol. The first kappa shape index (κ1) is 14.1. The molecule has 4 aromatic rings. The lowest BCUT2D eigenvalue weighted by Crippen LogP contribution is -1.87. The van der Waals surface area contributed by atoms with Crippen molar-refractivity contribution in [2.45, 2.75) is 0 Å². The highest BCUT2D eigenvalue weighted by Crippen LogP contribution is 2.29. The molecule has 0 amide bonds. The minimum absolute atomic E-state index is 0.660. The zero-order valence-corrected chi connectivity index (χ0v) is 12.8. The van der Waals surface area contributed by atoms with Crippen LogP contribution in [0.4, 0.5) is 0 Å². The predicted molar refractivity (Wildman–Crippen MR) is 93.1 cm³/mol. The van der Waals surface area contributed by atoms with Crippen molar-refractivity contribution in [1.82, 2.24) is 0 Å². The van der Waals surface area contributed by atoms with Gasteiger partial charge in [-0.15, -0.1) is 0 Å². The van der Waals surface area contributed by atoms with Crippen LogP contribution >= 0.6 is 0 Å². The van der Waals surface area contributed by atoms with Crippen molar-refractivity contribution < 1.29 is 8.83 Å². The second kappa shape index (κ2) is 5.94. The first-order valence-electron chi connectivity index (χ1n) is 7.57. The molecular weight excluding hydrogens is 298 g/mol. The lowest BCUT2D eigenvalue weighted by Gasteiger charge is -2.07. The molecule has 0 radical (unpaired) electrons. The topological polar surface area (TPSA) is 50.1 Å². The molecule has 2 aromatic carbocycles. The quantitative estimate of drug-likeness (QED) is 0.503. The van der Waals surface area contributed by atoms with Gasteiger partial charge in [0.25, 0.3) is 0 Å².